The maximum Gasteiger partial charge on any atom is 0.219 e. The number of para-hydroxylation sites is 2. The summed E-state index contributed by atoms with van der Waals surface area (Å²) in [6.07, 6.45) is 0.780. The van der Waals surface area contributed by atoms with E-state index in [1.165, 1.54) is 5.56 Å². The Morgan fingerprint density at radius 2 is 1.42 bits per heavy atom. The van der Waals surface area contributed by atoms with Crippen molar-refractivity contribution >= 4 is 34.6 Å². The highest BCUT2D eigenvalue weighted by molar-refractivity contribution is 6.54. The summed E-state index contributed by atoms with van der Waals surface area (Å²) in [5.74, 6) is 0. The molecule has 0 bridgehead atoms. The van der Waals surface area contributed by atoms with Crippen LogP contribution in [0.15, 0.2) is 84.9 Å². The van der Waals surface area contributed by atoms with Gasteiger partial charge in [-0.25, -0.2) is 0 Å². The van der Waals surface area contributed by atoms with E-state index in [1.807, 2.05) is 36.4 Å². The number of hydrogen-bond acceptors (Lipinski definition) is 2. The zero-order valence-electron chi connectivity index (χ0n) is 14.1. The molecule has 2 atom stereocenters. The fourth-order valence-electron chi connectivity index (χ4n) is 4.26. The Hall–Kier alpha value is -2.16. The lowest BCUT2D eigenvalue weighted by Crippen LogP contribution is -2.23. The molecule has 5 rings (SSSR count). The molecule has 2 aliphatic rings. The minimum absolute atomic E-state index is 0.113. The van der Waals surface area contributed by atoms with E-state index in [0.717, 1.165) is 23.4 Å². The van der Waals surface area contributed by atoms with Crippen LogP contribution in [-0.2, 0) is 5.54 Å². The van der Waals surface area contributed by atoms with Gasteiger partial charge < -0.3 is 10.2 Å². The van der Waals surface area contributed by atoms with Crippen LogP contribution >= 0.6 is 23.2 Å². The normalized spacial score (nSPS) is 25.5. The van der Waals surface area contributed by atoms with E-state index < -0.39 is 10.00 Å². The number of hydrogen-bond donors (Lipinski definition) is 1. The summed E-state index contributed by atoms with van der Waals surface area (Å²) in [4.78, 5) is 2.14. The number of benzene rings is 3. The monoisotopic (exact) mass is 380 g/mol. The van der Waals surface area contributed by atoms with Gasteiger partial charge in [0.1, 0.15) is 5.54 Å². The third kappa shape index (κ3) is 2.12. The molecule has 1 saturated heterocycles. The average molecular weight is 381 g/mol. The SMILES string of the molecule is ClC1(Cl)N2c3ccccc3N[C@@H](c3ccccc3)C[C@]21c1ccccc1. The van der Waals surface area contributed by atoms with Gasteiger partial charge in [-0.3, -0.25) is 0 Å². The molecule has 0 aliphatic carbocycles. The molecule has 3 aromatic carbocycles. The average Bonchev–Trinajstić information content (AvgIpc) is 3.24. The van der Waals surface area contributed by atoms with Crippen molar-refractivity contribution < 1.29 is 0 Å². The summed E-state index contributed by atoms with van der Waals surface area (Å²) in [5.41, 5.74) is 4.01. The van der Waals surface area contributed by atoms with Crippen LogP contribution in [-0.4, -0.2) is 4.46 Å². The van der Waals surface area contributed by atoms with Gasteiger partial charge in [0.2, 0.25) is 4.46 Å². The van der Waals surface area contributed by atoms with E-state index in [4.69, 9.17) is 23.2 Å². The Balaban J connectivity index is 1.71. The first-order valence-corrected chi connectivity index (χ1v) is 9.54. The summed E-state index contributed by atoms with van der Waals surface area (Å²) in [5, 5.41) is 3.71. The highest BCUT2D eigenvalue weighted by Gasteiger charge is 2.76. The Morgan fingerprint density at radius 1 is 0.808 bits per heavy atom. The van der Waals surface area contributed by atoms with Gasteiger partial charge in [-0.05, 0) is 23.3 Å². The van der Waals surface area contributed by atoms with E-state index in [0.29, 0.717) is 0 Å². The fraction of sp³-hybridized carbons (Fsp3) is 0.182. The van der Waals surface area contributed by atoms with E-state index >= 15 is 0 Å². The molecule has 1 N–H and O–H groups in total. The molecule has 2 aliphatic heterocycles. The van der Waals surface area contributed by atoms with E-state index in [2.05, 4.69) is 58.7 Å². The van der Waals surface area contributed by atoms with Gasteiger partial charge >= 0.3 is 0 Å². The van der Waals surface area contributed by atoms with Crippen LogP contribution in [0.2, 0.25) is 0 Å². The molecule has 4 heteroatoms. The smallest absolute Gasteiger partial charge is 0.219 e. The predicted molar refractivity (Wildman–Crippen MR) is 109 cm³/mol. The van der Waals surface area contributed by atoms with Crippen LogP contribution < -0.4 is 10.2 Å². The quantitative estimate of drug-likeness (QED) is 0.328. The van der Waals surface area contributed by atoms with Gasteiger partial charge in [-0.1, -0.05) is 96.0 Å². The number of nitrogens with zero attached hydrogens (tertiary/aromatic N) is 1. The maximum absolute atomic E-state index is 6.92. The number of rotatable bonds is 2. The second-order valence-electron chi connectivity index (χ2n) is 6.93. The lowest BCUT2D eigenvalue weighted by molar-refractivity contribution is 0.555. The summed E-state index contributed by atoms with van der Waals surface area (Å²) in [6, 6.07) is 29.2. The molecule has 2 nitrogen and oxygen atoms in total. The van der Waals surface area contributed by atoms with Crippen molar-refractivity contribution in [3.05, 3.63) is 96.1 Å². The van der Waals surface area contributed by atoms with Crippen molar-refractivity contribution in [2.75, 3.05) is 10.2 Å². The van der Waals surface area contributed by atoms with Crippen LogP contribution in [0.1, 0.15) is 23.6 Å². The second kappa shape index (κ2) is 5.67. The van der Waals surface area contributed by atoms with Crippen LogP contribution in [0.5, 0.6) is 0 Å². The van der Waals surface area contributed by atoms with Crippen molar-refractivity contribution in [2.45, 2.75) is 22.5 Å². The Morgan fingerprint density at radius 3 is 2.15 bits per heavy atom. The molecular formula is C22H18Cl2N2. The standard InChI is InChI=1S/C22H18Cl2N2/c23-22(24)21(17-11-5-2-6-12-17)15-19(16-9-3-1-4-10-16)25-18-13-7-8-14-20(18)26(21)22/h1-14,19,25H,15H2/t19-,21-,26?/m1/s1. The molecule has 0 aromatic heterocycles. The molecule has 0 radical (unpaired) electrons. The van der Waals surface area contributed by atoms with E-state index in [-0.39, 0.29) is 6.04 Å². The van der Waals surface area contributed by atoms with Crippen LogP contribution in [0, 0.1) is 0 Å². The third-order valence-electron chi connectivity index (χ3n) is 5.54. The number of fused-ring (bicyclic) bond motifs is 3. The first kappa shape index (κ1) is 16.0. The van der Waals surface area contributed by atoms with Crippen LogP contribution in [0.25, 0.3) is 0 Å². The Bertz CT molecular complexity index is 943. The van der Waals surface area contributed by atoms with Gasteiger partial charge in [0, 0.05) is 6.42 Å². The lowest BCUT2D eigenvalue weighted by atomic mass is 9.88. The number of halogens is 2. The topological polar surface area (TPSA) is 15.0 Å². The summed E-state index contributed by atoms with van der Waals surface area (Å²) in [7, 11) is 0. The van der Waals surface area contributed by atoms with Gasteiger partial charge in [0.05, 0.1) is 17.4 Å². The van der Waals surface area contributed by atoms with Gasteiger partial charge in [0.15, 0.2) is 0 Å². The minimum Gasteiger partial charge on any atom is -0.376 e. The molecule has 0 saturated carbocycles. The van der Waals surface area contributed by atoms with Crippen LogP contribution in [0.4, 0.5) is 11.4 Å². The summed E-state index contributed by atoms with van der Waals surface area (Å²) >= 11 is 13.8. The van der Waals surface area contributed by atoms with Crippen molar-refractivity contribution in [1.82, 2.24) is 0 Å². The second-order valence-corrected chi connectivity index (χ2v) is 8.22. The molecule has 2 heterocycles. The zero-order chi connectivity index (χ0) is 17.8. The first-order chi connectivity index (χ1) is 12.6. The zero-order valence-corrected chi connectivity index (χ0v) is 15.6. The molecule has 26 heavy (non-hydrogen) atoms. The third-order valence-corrected chi connectivity index (χ3v) is 6.50. The lowest BCUT2D eigenvalue weighted by Gasteiger charge is -2.24. The first-order valence-electron chi connectivity index (χ1n) is 8.79. The number of alkyl halides is 2. The summed E-state index contributed by atoms with van der Waals surface area (Å²) < 4.78 is -0.973. The molecule has 0 spiro atoms. The van der Waals surface area contributed by atoms with Crippen molar-refractivity contribution in [1.29, 1.82) is 0 Å². The highest BCUT2D eigenvalue weighted by atomic mass is 35.5. The molecular weight excluding hydrogens is 363 g/mol. The van der Waals surface area contributed by atoms with Gasteiger partial charge in [0.25, 0.3) is 0 Å². The van der Waals surface area contributed by atoms with Crippen molar-refractivity contribution in [3.8, 4) is 0 Å². The molecule has 130 valence electrons. The highest BCUT2D eigenvalue weighted by Crippen LogP contribution is 2.71. The van der Waals surface area contributed by atoms with Gasteiger partial charge in [-0.15, -0.1) is 0 Å². The van der Waals surface area contributed by atoms with Crippen LogP contribution in [0.3, 0.4) is 0 Å². The molecule has 3 aromatic rings. The molecule has 0 amide bonds. The summed E-state index contributed by atoms with van der Waals surface area (Å²) in [6.45, 7) is 0. The number of anilines is 2. The van der Waals surface area contributed by atoms with Crippen molar-refractivity contribution in [2.24, 2.45) is 0 Å². The molecule has 0 unspecified atom stereocenters. The minimum atomic E-state index is -0.973. The van der Waals surface area contributed by atoms with Gasteiger partial charge in [-0.2, -0.15) is 0 Å². The molecule has 1 fully saturated rings. The van der Waals surface area contributed by atoms with Crippen molar-refractivity contribution in [3.63, 3.8) is 0 Å². The number of nitrogens with one attached hydrogen (secondary N) is 1. The predicted octanol–water partition coefficient (Wildman–Crippen LogP) is 6.09. The Labute approximate surface area is 163 Å². The van der Waals surface area contributed by atoms with E-state index in [9.17, 15) is 0 Å². The van der Waals surface area contributed by atoms with E-state index in [1.54, 1.807) is 0 Å². The Kier molecular flexibility index (Phi) is 3.50. The fourth-order valence-corrected chi connectivity index (χ4v) is 5.19. The maximum atomic E-state index is 6.92. The largest absolute Gasteiger partial charge is 0.376 e.